The molecular formula is C9H15N3O3S. The first-order chi connectivity index (χ1) is 7.62. The molecule has 1 aromatic heterocycles. The van der Waals surface area contributed by atoms with Gasteiger partial charge in [-0.3, -0.25) is 0 Å². The highest BCUT2D eigenvalue weighted by Crippen LogP contribution is 2.17. The molecule has 0 aliphatic heterocycles. The zero-order valence-electron chi connectivity index (χ0n) is 8.60. The predicted octanol–water partition coefficient (Wildman–Crippen LogP) is 0.874. The summed E-state index contributed by atoms with van der Waals surface area (Å²) < 4.78 is 31.8. The van der Waals surface area contributed by atoms with Crippen LogP contribution in [0.25, 0.3) is 11.0 Å². The lowest BCUT2D eigenvalue weighted by Gasteiger charge is -2.01. The van der Waals surface area contributed by atoms with Crippen molar-refractivity contribution in [3.8, 4) is 0 Å². The summed E-state index contributed by atoms with van der Waals surface area (Å²) in [6, 6.07) is 7.28. The van der Waals surface area contributed by atoms with Gasteiger partial charge in [0, 0.05) is 15.3 Å². The van der Waals surface area contributed by atoms with Crippen LogP contribution in [-0.2, 0) is 16.8 Å². The third-order valence-electron chi connectivity index (χ3n) is 2.15. The van der Waals surface area contributed by atoms with Crippen molar-refractivity contribution in [2.45, 2.75) is 6.54 Å². The molecule has 0 saturated carbocycles. The molecule has 6 nitrogen and oxygen atoms in total. The summed E-state index contributed by atoms with van der Waals surface area (Å²) in [4.78, 5) is 0. The van der Waals surface area contributed by atoms with E-state index < -0.39 is 10.2 Å². The Bertz CT molecular complexity index is 600. The maximum atomic E-state index is 11.1. The summed E-state index contributed by atoms with van der Waals surface area (Å²) in [5.74, 6) is 0. The number of para-hydroxylation sites is 1. The van der Waals surface area contributed by atoms with Gasteiger partial charge in [-0.2, -0.15) is 13.1 Å². The Balaban J connectivity index is 0.00000144. The third kappa shape index (κ3) is 2.21. The third-order valence-corrected chi connectivity index (χ3v) is 3.21. The lowest BCUT2D eigenvalue weighted by Crippen LogP contribution is -2.33. The second-order valence-electron chi connectivity index (χ2n) is 3.15. The van der Waals surface area contributed by atoms with Crippen LogP contribution in [0.3, 0.4) is 0 Å². The number of nitrogens with zero attached hydrogens (tertiary/aromatic N) is 1. The smallest absolute Gasteiger partial charge is 0.277 e. The van der Waals surface area contributed by atoms with Crippen LogP contribution in [0.5, 0.6) is 0 Å². The Labute approximate surface area is 95.8 Å². The van der Waals surface area contributed by atoms with Gasteiger partial charge in [0.15, 0.2) is 5.58 Å². The normalized spacial score (nSPS) is 12.1. The molecule has 90 valence electrons. The van der Waals surface area contributed by atoms with Crippen LogP contribution in [-0.4, -0.2) is 20.6 Å². The van der Waals surface area contributed by atoms with Crippen LogP contribution in [0, 0.1) is 0 Å². The summed E-state index contributed by atoms with van der Waals surface area (Å²) in [6.07, 6.45) is 0. The molecule has 2 aromatic rings. The van der Waals surface area contributed by atoms with Crippen molar-refractivity contribution in [3.05, 3.63) is 30.0 Å². The molecule has 0 atom stereocenters. The molecule has 2 rings (SSSR count). The van der Waals surface area contributed by atoms with Crippen LogP contribution in [0.15, 0.2) is 28.8 Å². The fourth-order valence-corrected chi connectivity index (χ4v) is 1.77. The molecule has 1 aromatic carbocycles. The van der Waals surface area contributed by atoms with E-state index >= 15 is 0 Å². The van der Waals surface area contributed by atoms with Crippen LogP contribution in [0.2, 0.25) is 0 Å². The Kier molecular flexibility index (Phi) is 2.90. The average Bonchev–Trinajstić information content (AvgIpc) is 2.70. The van der Waals surface area contributed by atoms with Gasteiger partial charge in [-0.25, -0.2) is 4.72 Å². The maximum Gasteiger partial charge on any atom is 0.277 e. The van der Waals surface area contributed by atoms with E-state index in [1.54, 1.807) is 6.07 Å². The number of hydrogen-bond donors (Lipinski definition) is 2. The fourth-order valence-electron chi connectivity index (χ4n) is 1.30. The molecule has 1 heterocycles. The van der Waals surface area contributed by atoms with Crippen molar-refractivity contribution in [2.75, 3.05) is 7.05 Å². The molecule has 0 aliphatic rings. The lowest BCUT2D eigenvalue weighted by atomic mass is 10.2. The monoisotopic (exact) mass is 245 g/mol. The van der Waals surface area contributed by atoms with Gasteiger partial charge in [0.2, 0.25) is 0 Å². The summed E-state index contributed by atoms with van der Waals surface area (Å²) in [5.41, 5.74) is 1.20. The van der Waals surface area contributed by atoms with E-state index in [2.05, 4.69) is 14.6 Å². The SMILES string of the molecule is CNS(=O)(=O)NCc1noc2ccccc12.[HH].[HH]. The number of hydrogen-bond acceptors (Lipinski definition) is 4. The fraction of sp³-hybridized carbons (Fsp3) is 0.222. The summed E-state index contributed by atoms with van der Waals surface area (Å²) in [5, 5.41) is 4.61. The predicted molar refractivity (Wildman–Crippen MR) is 63.1 cm³/mol. The molecule has 2 N–H and O–H groups in total. The molecule has 0 bridgehead atoms. The molecule has 0 spiro atoms. The minimum Gasteiger partial charge on any atom is -0.356 e. The quantitative estimate of drug-likeness (QED) is 0.837. The first-order valence-electron chi connectivity index (χ1n) is 4.64. The first kappa shape index (κ1) is 11.1. The van der Waals surface area contributed by atoms with Crippen molar-refractivity contribution in [3.63, 3.8) is 0 Å². The van der Waals surface area contributed by atoms with Crippen molar-refractivity contribution in [2.24, 2.45) is 0 Å². The van der Waals surface area contributed by atoms with Crippen LogP contribution in [0.4, 0.5) is 0 Å². The van der Waals surface area contributed by atoms with Gasteiger partial charge in [0.05, 0.1) is 6.54 Å². The zero-order valence-corrected chi connectivity index (χ0v) is 9.41. The molecule has 0 fully saturated rings. The van der Waals surface area contributed by atoms with Gasteiger partial charge in [0.1, 0.15) is 5.69 Å². The summed E-state index contributed by atoms with van der Waals surface area (Å²) in [6.45, 7) is 0.0974. The van der Waals surface area contributed by atoms with Gasteiger partial charge >= 0.3 is 0 Å². The Morgan fingerprint density at radius 1 is 1.44 bits per heavy atom. The van der Waals surface area contributed by atoms with Crippen molar-refractivity contribution in [1.82, 2.24) is 14.6 Å². The molecule has 7 heteroatoms. The molecule has 0 radical (unpaired) electrons. The van der Waals surface area contributed by atoms with Crippen molar-refractivity contribution >= 4 is 21.2 Å². The highest BCUT2D eigenvalue weighted by molar-refractivity contribution is 7.87. The minimum absolute atomic E-state index is 0. The average molecular weight is 245 g/mol. The highest BCUT2D eigenvalue weighted by Gasteiger charge is 2.10. The zero-order chi connectivity index (χ0) is 11.6. The van der Waals surface area contributed by atoms with Gasteiger partial charge < -0.3 is 4.52 Å². The molecule has 0 aliphatic carbocycles. The number of benzene rings is 1. The standard InChI is InChI=1S/C9H11N3O3S.2H2/c1-10-16(13,14)11-6-8-7-4-2-3-5-9(7)15-12-8;;/h2-5,10-11H,6H2,1H3;2*1H. The molecule has 0 unspecified atom stereocenters. The van der Waals surface area contributed by atoms with Gasteiger partial charge in [-0.1, -0.05) is 17.3 Å². The number of rotatable bonds is 4. The first-order valence-corrected chi connectivity index (χ1v) is 6.12. The number of aromatic nitrogens is 1. The second kappa shape index (κ2) is 4.20. The lowest BCUT2D eigenvalue weighted by molar-refractivity contribution is 0.444. The Morgan fingerprint density at radius 3 is 2.94 bits per heavy atom. The molecule has 16 heavy (non-hydrogen) atoms. The van der Waals surface area contributed by atoms with Crippen LogP contribution < -0.4 is 9.44 Å². The Morgan fingerprint density at radius 2 is 2.19 bits per heavy atom. The Hall–Kier alpha value is -1.44. The summed E-state index contributed by atoms with van der Waals surface area (Å²) in [7, 11) is -2.11. The largest absolute Gasteiger partial charge is 0.356 e. The highest BCUT2D eigenvalue weighted by atomic mass is 32.2. The van der Waals surface area contributed by atoms with E-state index in [0.717, 1.165) is 5.39 Å². The van der Waals surface area contributed by atoms with Crippen molar-refractivity contribution in [1.29, 1.82) is 0 Å². The van der Waals surface area contributed by atoms with E-state index in [0.29, 0.717) is 11.3 Å². The van der Waals surface area contributed by atoms with Gasteiger partial charge in [0.25, 0.3) is 10.2 Å². The minimum atomic E-state index is -3.45. The van der Waals surface area contributed by atoms with E-state index in [-0.39, 0.29) is 9.40 Å². The van der Waals surface area contributed by atoms with E-state index in [4.69, 9.17) is 4.52 Å². The number of fused-ring (bicyclic) bond motifs is 1. The maximum absolute atomic E-state index is 11.1. The molecular weight excluding hydrogens is 230 g/mol. The molecule has 0 amide bonds. The number of nitrogens with one attached hydrogen (secondary N) is 2. The summed E-state index contributed by atoms with van der Waals surface area (Å²) >= 11 is 0. The van der Waals surface area contributed by atoms with E-state index in [1.807, 2.05) is 18.2 Å². The second-order valence-corrected chi connectivity index (χ2v) is 4.86. The van der Waals surface area contributed by atoms with Crippen LogP contribution in [0.1, 0.15) is 8.55 Å². The van der Waals surface area contributed by atoms with Crippen molar-refractivity contribution < 1.29 is 15.8 Å². The molecule has 0 saturated heterocycles. The topological polar surface area (TPSA) is 84.2 Å². The van der Waals surface area contributed by atoms with E-state index in [9.17, 15) is 8.42 Å². The van der Waals surface area contributed by atoms with Gasteiger partial charge in [-0.15, -0.1) is 0 Å². The van der Waals surface area contributed by atoms with Crippen LogP contribution >= 0.6 is 0 Å². The van der Waals surface area contributed by atoms with E-state index in [1.165, 1.54) is 7.05 Å². The van der Waals surface area contributed by atoms with Gasteiger partial charge in [-0.05, 0) is 12.1 Å².